The van der Waals surface area contributed by atoms with Crippen LogP contribution in [0, 0.1) is 5.92 Å². The fraction of sp³-hybridized carbons (Fsp3) is 0.308. The van der Waals surface area contributed by atoms with Crippen molar-refractivity contribution >= 4 is 5.97 Å². The summed E-state index contributed by atoms with van der Waals surface area (Å²) in [4.78, 5) is 11.5. The Morgan fingerprint density at radius 3 is 2.75 bits per heavy atom. The second-order valence-corrected chi connectivity index (χ2v) is 3.69. The minimum Gasteiger partial charge on any atom is -0.516 e. The van der Waals surface area contributed by atoms with Crippen LogP contribution in [0.4, 0.5) is 0 Å². The number of aliphatic hydroxyl groups is 1. The van der Waals surface area contributed by atoms with Crippen LogP contribution in [0.2, 0.25) is 0 Å². The molecular formula is C13H16O3. The fourth-order valence-electron chi connectivity index (χ4n) is 1.24. The molecule has 0 fully saturated rings. The van der Waals surface area contributed by atoms with Crippen molar-refractivity contribution in [3.8, 4) is 0 Å². The summed E-state index contributed by atoms with van der Waals surface area (Å²) in [5.41, 5.74) is 0.562. The molecule has 0 radical (unpaired) electrons. The second-order valence-electron chi connectivity index (χ2n) is 3.69. The van der Waals surface area contributed by atoms with Crippen molar-refractivity contribution in [3.05, 3.63) is 48.2 Å². The maximum Gasteiger partial charge on any atom is 0.338 e. The second kappa shape index (κ2) is 6.67. The number of rotatable bonds is 5. The van der Waals surface area contributed by atoms with Crippen molar-refractivity contribution in [2.24, 2.45) is 5.92 Å². The molecule has 0 amide bonds. The summed E-state index contributed by atoms with van der Waals surface area (Å²) in [6.45, 7) is 2.32. The molecule has 0 aromatic heterocycles. The van der Waals surface area contributed by atoms with Gasteiger partial charge in [-0.15, -0.1) is 0 Å². The molecule has 0 saturated heterocycles. The van der Waals surface area contributed by atoms with Crippen molar-refractivity contribution in [3.63, 3.8) is 0 Å². The summed E-state index contributed by atoms with van der Waals surface area (Å²) in [5, 5.41) is 8.48. The molecule has 0 saturated carbocycles. The minimum atomic E-state index is -0.305. The van der Waals surface area contributed by atoms with Gasteiger partial charge in [-0.25, -0.2) is 4.79 Å². The number of carbonyl (C=O) groups excluding carboxylic acids is 1. The molecule has 0 spiro atoms. The lowest BCUT2D eigenvalue weighted by molar-refractivity contribution is 0.0450. The molecule has 1 aromatic carbocycles. The van der Waals surface area contributed by atoms with Gasteiger partial charge in [0.05, 0.1) is 18.4 Å². The number of aliphatic hydroxyl groups excluding tert-OH is 1. The average molecular weight is 220 g/mol. The highest BCUT2D eigenvalue weighted by Crippen LogP contribution is 2.06. The van der Waals surface area contributed by atoms with E-state index in [0.29, 0.717) is 18.6 Å². The minimum absolute atomic E-state index is 0.205. The van der Waals surface area contributed by atoms with Crippen LogP contribution < -0.4 is 0 Å². The molecule has 16 heavy (non-hydrogen) atoms. The van der Waals surface area contributed by atoms with Gasteiger partial charge in [0.1, 0.15) is 0 Å². The fourth-order valence-corrected chi connectivity index (χ4v) is 1.24. The largest absolute Gasteiger partial charge is 0.516 e. The Balaban J connectivity index is 2.36. The number of hydrogen-bond donors (Lipinski definition) is 1. The van der Waals surface area contributed by atoms with Gasteiger partial charge in [0.2, 0.25) is 0 Å². The van der Waals surface area contributed by atoms with Gasteiger partial charge in [-0.05, 0) is 30.5 Å². The Bertz CT molecular complexity index is 343. The quantitative estimate of drug-likeness (QED) is 0.613. The highest BCUT2D eigenvalue weighted by atomic mass is 16.5. The van der Waals surface area contributed by atoms with E-state index in [9.17, 15) is 4.79 Å². The molecule has 1 aromatic rings. The molecule has 0 unspecified atom stereocenters. The molecule has 1 rings (SSSR count). The van der Waals surface area contributed by atoms with Crippen LogP contribution in [0.25, 0.3) is 0 Å². The molecule has 0 aliphatic heterocycles. The SMILES string of the molecule is C[C@H](CC=CO)COC(=O)c1ccccc1. The van der Waals surface area contributed by atoms with Crippen LogP contribution in [0.1, 0.15) is 23.7 Å². The lowest BCUT2D eigenvalue weighted by Gasteiger charge is -2.09. The van der Waals surface area contributed by atoms with E-state index in [1.54, 1.807) is 30.3 Å². The van der Waals surface area contributed by atoms with Crippen LogP contribution in [0.5, 0.6) is 0 Å². The lowest BCUT2D eigenvalue weighted by Crippen LogP contribution is -2.11. The highest BCUT2D eigenvalue weighted by molar-refractivity contribution is 5.89. The molecule has 1 atom stereocenters. The zero-order chi connectivity index (χ0) is 11.8. The summed E-state index contributed by atoms with van der Waals surface area (Å²) in [5.74, 6) is -0.100. The lowest BCUT2D eigenvalue weighted by atomic mass is 10.1. The molecule has 86 valence electrons. The van der Waals surface area contributed by atoms with Crippen LogP contribution in [-0.2, 0) is 4.74 Å². The topological polar surface area (TPSA) is 46.5 Å². The first-order chi connectivity index (χ1) is 7.74. The Hall–Kier alpha value is -1.77. The third kappa shape index (κ3) is 4.17. The smallest absolute Gasteiger partial charge is 0.338 e. The summed E-state index contributed by atoms with van der Waals surface area (Å²) >= 11 is 0. The summed E-state index contributed by atoms with van der Waals surface area (Å²) in [6.07, 6.45) is 3.34. The van der Waals surface area contributed by atoms with E-state index in [4.69, 9.17) is 9.84 Å². The molecule has 3 heteroatoms. The Kier molecular flexibility index (Phi) is 5.12. The van der Waals surface area contributed by atoms with E-state index in [2.05, 4.69) is 0 Å². The summed E-state index contributed by atoms with van der Waals surface area (Å²) in [6, 6.07) is 8.90. The molecule has 0 aliphatic carbocycles. The third-order valence-electron chi connectivity index (χ3n) is 2.15. The number of allylic oxidation sites excluding steroid dienone is 1. The molecule has 3 nitrogen and oxygen atoms in total. The first kappa shape index (κ1) is 12.3. The number of esters is 1. The van der Waals surface area contributed by atoms with Crippen LogP contribution in [0.3, 0.4) is 0 Å². The molecule has 0 aliphatic rings. The van der Waals surface area contributed by atoms with Gasteiger partial charge in [-0.3, -0.25) is 0 Å². The third-order valence-corrected chi connectivity index (χ3v) is 2.15. The van der Waals surface area contributed by atoms with E-state index in [0.717, 1.165) is 6.26 Å². The highest BCUT2D eigenvalue weighted by Gasteiger charge is 2.08. The Morgan fingerprint density at radius 2 is 2.12 bits per heavy atom. The van der Waals surface area contributed by atoms with E-state index < -0.39 is 0 Å². The van der Waals surface area contributed by atoms with Crippen molar-refractivity contribution in [1.29, 1.82) is 0 Å². The van der Waals surface area contributed by atoms with Gasteiger partial charge >= 0.3 is 5.97 Å². The molecular weight excluding hydrogens is 204 g/mol. The van der Waals surface area contributed by atoms with Crippen LogP contribution in [-0.4, -0.2) is 17.7 Å². The van der Waals surface area contributed by atoms with Crippen molar-refractivity contribution in [2.45, 2.75) is 13.3 Å². The number of ether oxygens (including phenoxy) is 1. The maximum absolute atomic E-state index is 11.5. The van der Waals surface area contributed by atoms with Gasteiger partial charge in [-0.1, -0.05) is 25.1 Å². The molecule has 0 bridgehead atoms. The summed E-state index contributed by atoms with van der Waals surface area (Å²) < 4.78 is 5.13. The van der Waals surface area contributed by atoms with E-state index >= 15 is 0 Å². The first-order valence-electron chi connectivity index (χ1n) is 5.25. The van der Waals surface area contributed by atoms with Gasteiger partial charge in [0, 0.05) is 0 Å². The predicted molar refractivity (Wildman–Crippen MR) is 62.3 cm³/mol. The number of benzene rings is 1. The van der Waals surface area contributed by atoms with Gasteiger partial charge in [0.15, 0.2) is 0 Å². The van der Waals surface area contributed by atoms with Gasteiger partial charge in [0.25, 0.3) is 0 Å². The average Bonchev–Trinajstić information content (AvgIpc) is 2.34. The van der Waals surface area contributed by atoms with Crippen molar-refractivity contribution < 1.29 is 14.6 Å². The molecule has 1 N–H and O–H groups in total. The standard InChI is InChI=1S/C13H16O3/c1-11(6-5-9-14)10-16-13(15)12-7-3-2-4-8-12/h2-5,7-9,11,14H,6,10H2,1H3/t11-/m1/s1. The van der Waals surface area contributed by atoms with Gasteiger partial charge in [-0.2, -0.15) is 0 Å². The van der Waals surface area contributed by atoms with Crippen LogP contribution in [0.15, 0.2) is 42.7 Å². The Labute approximate surface area is 95.4 Å². The van der Waals surface area contributed by atoms with Crippen molar-refractivity contribution in [1.82, 2.24) is 0 Å². The van der Waals surface area contributed by atoms with Crippen LogP contribution >= 0.6 is 0 Å². The van der Waals surface area contributed by atoms with Crippen molar-refractivity contribution in [2.75, 3.05) is 6.61 Å². The first-order valence-corrected chi connectivity index (χ1v) is 5.25. The van der Waals surface area contributed by atoms with E-state index in [1.807, 2.05) is 13.0 Å². The monoisotopic (exact) mass is 220 g/mol. The number of carbonyl (C=O) groups is 1. The maximum atomic E-state index is 11.5. The molecule has 0 heterocycles. The van der Waals surface area contributed by atoms with E-state index in [1.165, 1.54) is 0 Å². The normalized spacial score (nSPS) is 12.6. The number of hydrogen-bond acceptors (Lipinski definition) is 3. The Morgan fingerprint density at radius 1 is 1.44 bits per heavy atom. The zero-order valence-electron chi connectivity index (χ0n) is 9.30. The summed E-state index contributed by atoms with van der Waals surface area (Å²) in [7, 11) is 0. The van der Waals surface area contributed by atoms with E-state index in [-0.39, 0.29) is 11.9 Å². The van der Waals surface area contributed by atoms with Gasteiger partial charge < -0.3 is 9.84 Å². The predicted octanol–water partition coefficient (Wildman–Crippen LogP) is 2.94. The zero-order valence-corrected chi connectivity index (χ0v) is 9.30.